The maximum Gasteiger partial charge on any atom is 0.265 e. The van der Waals surface area contributed by atoms with Gasteiger partial charge >= 0.3 is 0 Å². The third-order valence-corrected chi connectivity index (χ3v) is 4.38. The van der Waals surface area contributed by atoms with Crippen LogP contribution in [0.4, 0.5) is 0 Å². The van der Waals surface area contributed by atoms with Crippen molar-refractivity contribution < 1.29 is 19.0 Å². The Morgan fingerprint density at radius 3 is 2.46 bits per heavy atom. The molecular formula is C19H19NO4. The molecule has 0 fully saturated rings. The summed E-state index contributed by atoms with van der Waals surface area (Å²) in [6.45, 7) is 2.43. The van der Waals surface area contributed by atoms with Crippen LogP contribution in [-0.4, -0.2) is 24.7 Å². The molecule has 24 heavy (non-hydrogen) atoms. The van der Waals surface area contributed by atoms with Crippen LogP contribution < -0.4 is 19.5 Å². The van der Waals surface area contributed by atoms with E-state index in [2.05, 4.69) is 5.32 Å². The van der Waals surface area contributed by atoms with Gasteiger partial charge in [-0.15, -0.1) is 0 Å². The van der Waals surface area contributed by atoms with Gasteiger partial charge in [-0.2, -0.15) is 0 Å². The zero-order chi connectivity index (χ0) is 16.5. The smallest absolute Gasteiger partial charge is 0.265 e. The summed E-state index contributed by atoms with van der Waals surface area (Å²) >= 11 is 0. The predicted octanol–water partition coefficient (Wildman–Crippen LogP) is 2.85. The van der Waals surface area contributed by atoms with Crippen molar-refractivity contribution in [3.8, 4) is 17.2 Å². The molecule has 4 rings (SSSR count). The summed E-state index contributed by atoms with van der Waals surface area (Å²) in [5.74, 6) is 1.93. The lowest BCUT2D eigenvalue weighted by molar-refractivity contribution is -0.134. The van der Waals surface area contributed by atoms with Crippen molar-refractivity contribution in [2.45, 2.75) is 31.6 Å². The summed E-state index contributed by atoms with van der Waals surface area (Å²) < 4.78 is 17.3. The van der Waals surface area contributed by atoms with E-state index in [1.807, 2.05) is 55.5 Å². The number of carbonyl (C=O) groups excluding carboxylic acids is 1. The Morgan fingerprint density at radius 2 is 1.67 bits per heavy atom. The first-order valence-electron chi connectivity index (χ1n) is 8.17. The second kappa shape index (κ2) is 6.07. The van der Waals surface area contributed by atoms with E-state index in [1.165, 1.54) is 0 Å². The number of hydrogen-bond donors (Lipinski definition) is 1. The standard InChI is InChI=1S/C19H19NO4/c1-12-18(24-17-9-5-4-8-16(17)23-12)19(21)20-14-10-11-22-15-7-3-2-6-13(14)15/h2-9,12,14,18H,10-11H2,1H3,(H,20,21). The third kappa shape index (κ3) is 2.66. The molecule has 0 aliphatic carbocycles. The molecule has 0 saturated carbocycles. The topological polar surface area (TPSA) is 56.8 Å². The number of nitrogens with one attached hydrogen (secondary N) is 1. The molecule has 2 aromatic carbocycles. The quantitative estimate of drug-likeness (QED) is 0.922. The Kier molecular flexibility index (Phi) is 3.76. The summed E-state index contributed by atoms with van der Waals surface area (Å²) in [5.41, 5.74) is 1.00. The van der Waals surface area contributed by atoms with E-state index < -0.39 is 6.10 Å². The molecule has 0 radical (unpaired) electrons. The Labute approximate surface area is 140 Å². The lowest BCUT2D eigenvalue weighted by atomic mass is 10.00. The number of amides is 1. The first-order valence-corrected chi connectivity index (χ1v) is 8.17. The maximum atomic E-state index is 12.7. The fraction of sp³-hybridized carbons (Fsp3) is 0.316. The molecule has 0 spiro atoms. The van der Waals surface area contributed by atoms with Crippen molar-refractivity contribution in [3.05, 3.63) is 54.1 Å². The molecule has 1 amide bonds. The van der Waals surface area contributed by atoms with Crippen LogP contribution >= 0.6 is 0 Å². The molecule has 0 saturated heterocycles. The maximum absolute atomic E-state index is 12.7. The minimum atomic E-state index is -0.671. The highest BCUT2D eigenvalue weighted by Gasteiger charge is 2.35. The Hall–Kier alpha value is -2.69. The van der Waals surface area contributed by atoms with Crippen LogP contribution in [0, 0.1) is 0 Å². The van der Waals surface area contributed by atoms with Crippen molar-refractivity contribution in [2.24, 2.45) is 0 Å². The summed E-state index contributed by atoms with van der Waals surface area (Å²) in [6, 6.07) is 15.1. The molecule has 124 valence electrons. The van der Waals surface area contributed by atoms with E-state index in [0.29, 0.717) is 18.1 Å². The normalized spacial score (nSPS) is 24.5. The SMILES string of the molecule is CC1Oc2ccccc2OC1C(=O)NC1CCOc2ccccc21. The van der Waals surface area contributed by atoms with Gasteiger partial charge in [-0.3, -0.25) is 4.79 Å². The summed E-state index contributed by atoms with van der Waals surface area (Å²) in [7, 11) is 0. The van der Waals surface area contributed by atoms with Crippen LogP contribution in [0.2, 0.25) is 0 Å². The molecule has 0 aromatic heterocycles. The Balaban J connectivity index is 1.51. The molecule has 0 bridgehead atoms. The summed E-state index contributed by atoms with van der Waals surface area (Å²) in [5, 5.41) is 3.08. The van der Waals surface area contributed by atoms with Gasteiger partial charge < -0.3 is 19.5 Å². The molecule has 1 N–H and O–H groups in total. The number of rotatable bonds is 2. The number of hydrogen-bond acceptors (Lipinski definition) is 4. The highest BCUT2D eigenvalue weighted by molar-refractivity contribution is 5.83. The van der Waals surface area contributed by atoms with Crippen LogP contribution in [-0.2, 0) is 4.79 Å². The Bertz CT molecular complexity index is 761. The number of ether oxygens (including phenoxy) is 3. The molecule has 2 aliphatic rings. The largest absolute Gasteiger partial charge is 0.493 e. The van der Waals surface area contributed by atoms with Crippen LogP contribution in [0.3, 0.4) is 0 Å². The molecule has 5 nitrogen and oxygen atoms in total. The van der Waals surface area contributed by atoms with Gasteiger partial charge in [-0.25, -0.2) is 0 Å². The van der Waals surface area contributed by atoms with E-state index in [0.717, 1.165) is 17.7 Å². The summed E-state index contributed by atoms with van der Waals surface area (Å²) in [6.07, 6.45) is -0.286. The van der Waals surface area contributed by atoms with Gasteiger partial charge in [-0.1, -0.05) is 30.3 Å². The molecule has 3 atom stereocenters. The van der Waals surface area contributed by atoms with Crippen molar-refractivity contribution in [1.29, 1.82) is 0 Å². The minimum Gasteiger partial charge on any atom is -0.493 e. The van der Waals surface area contributed by atoms with Crippen LogP contribution in [0.25, 0.3) is 0 Å². The zero-order valence-electron chi connectivity index (χ0n) is 13.4. The zero-order valence-corrected chi connectivity index (χ0v) is 13.4. The van der Waals surface area contributed by atoms with Gasteiger partial charge in [-0.05, 0) is 25.1 Å². The third-order valence-electron chi connectivity index (χ3n) is 4.38. The number of carbonyl (C=O) groups is 1. The van der Waals surface area contributed by atoms with Crippen molar-refractivity contribution >= 4 is 5.91 Å². The second-order valence-corrected chi connectivity index (χ2v) is 6.04. The average Bonchev–Trinajstić information content (AvgIpc) is 2.61. The molecule has 2 aliphatic heterocycles. The number of benzene rings is 2. The molecular weight excluding hydrogens is 306 g/mol. The fourth-order valence-electron chi connectivity index (χ4n) is 3.15. The highest BCUT2D eigenvalue weighted by Crippen LogP contribution is 2.35. The van der Waals surface area contributed by atoms with Gasteiger partial charge in [0.05, 0.1) is 12.6 Å². The van der Waals surface area contributed by atoms with Gasteiger partial charge in [0.1, 0.15) is 11.9 Å². The average molecular weight is 325 g/mol. The first kappa shape index (κ1) is 14.9. The highest BCUT2D eigenvalue weighted by atomic mass is 16.6. The number of para-hydroxylation sites is 3. The van der Waals surface area contributed by atoms with E-state index in [1.54, 1.807) is 0 Å². The molecule has 5 heteroatoms. The van der Waals surface area contributed by atoms with Gasteiger partial charge in [0.15, 0.2) is 11.5 Å². The second-order valence-electron chi connectivity index (χ2n) is 6.04. The van der Waals surface area contributed by atoms with Crippen molar-refractivity contribution in [2.75, 3.05) is 6.61 Å². The van der Waals surface area contributed by atoms with Crippen LogP contribution in [0.15, 0.2) is 48.5 Å². The van der Waals surface area contributed by atoms with Crippen molar-refractivity contribution in [3.63, 3.8) is 0 Å². The number of fused-ring (bicyclic) bond motifs is 2. The molecule has 3 unspecified atom stereocenters. The monoisotopic (exact) mass is 325 g/mol. The first-order chi connectivity index (χ1) is 11.7. The van der Waals surface area contributed by atoms with Gasteiger partial charge in [0, 0.05) is 12.0 Å². The van der Waals surface area contributed by atoms with E-state index in [9.17, 15) is 4.79 Å². The van der Waals surface area contributed by atoms with Crippen LogP contribution in [0.1, 0.15) is 24.9 Å². The van der Waals surface area contributed by atoms with E-state index in [4.69, 9.17) is 14.2 Å². The lowest BCUT2D eigenvalue weighted by Crippen LogP contribution is -2.50. The van der Waals surface area contributed by atoms with E-state index >= 15 is 0 Å². The van der Waals surface area contributed by atoms with Gasteiger partial charge in [0.2, 0.25) is 6.10 Å². The predicted molar refractivity (Wildman–Crippen MR) is 88.4 cm³/mol. The van der Waals surface area contributed by atoms with E-state index in [-0.39, 0.29) is 18.1 Å². The Morgan fingerprint density at radius 1 is 1.00 bits per heavy atom. The van der Waals surface area contributed by atoms with Gasteiger partial charge in [0.25, 0.3) is 5.91 Å². The lowest BCUT2D eigenvalue weighted by Gasteiger charge is -2.33. The van der Waals surface area contributed by atoms with Crippen molar-refractivity contribution in [1.82, 2.24) is 5.32 Å². The minimum absolute atomic E-state index is 0.0737. The summed E-state index contributed by atoms with van der Waals surface area (Å²) in [4.78, 5) is 12.7. The molecule has 2 heterocycles. The fourth-order valence-corrected chi connectivity index (χ4v) is 3.15. The van der Waals surface area contributed by atoms with Crippen LogP contribution in [0.5, 0.6) is 17.2 Å². The molecule has 2 aromatic rings.